The Morgan fingerprint density at radius 3 is 2.67 bits per heavy atom. The second-order valence-electron chi connectivity index (χ2n) is 10.9. The number of nitrogens with one attached hydrogen (secondary N) is 1. The minimum Gasteiger partial charge on any atom is -0.494 e. The van der Waals surface area contributed by atoms with Gasteiger partial charge in [0.15, 0.2) is 16.0 Å². The number of thiazole rings is 2. The van der Waals surface area contributed by atoms with E-state index >= 15 is 0 Å². The Labute approximate surface area is 271 Å². The number of allylic oxidation sites excluding steroid dienone is 2. The van der Waals surface area contributed by atoms with Crippen LogP contribution in [0.5, 0.6) is 5.75 Å². The van der Waals surface area contributed by atoms with Gasteiger partial charge in [-0.05, 0) is 94.2 Å². The largest absolute Gasteiger partial charge is 0.494 e. The summed E-state index contributed by atoms with van der Waals surface area (Å²) in [6, 6.07) is 15.6. The van der Waals surface area contributed by atoms with E-state index < -0.39 is 5.97 Å². The molecule has 2 aromatic heterocycles. The van der Waals surface area contributed by atoms with Crippen molar-refractivity contribution in [3.05, 3.63) is 87.5 Å². The van der Waals surface area contributed by atoms with Crippen molar-refractivity contribution in [3.63, 3.8) is 0 Å². The first-order valence-corrected chi connectivity index (χ1v) is 16.3. The first kappa shape index (κ1) is 31.8. The van der Waals surface area contributed by atoms with Crippen molar-refractivity contribution < 1.29 is 14.6 Å². The SMILES string of the molecule is C/C(C1=C(N)N(c2nc(C(=O)O)c(CCCOc3ccc(C#CCN(C)C)cc3)s2)CCC1)=C(/N)Nc1nc2ccccc2s1. The van der Waals surface area contributed by atoms with E-state index in [0.717, 1.165) is 45.5 Å². The van der Waals surface area contributed by atoms with Gasteiger partial charge in [0.25, 0.3) is 0 Å². The Morgan fingerprint density at radius 1 is 1.16 bits per heavy atom. The van der Waals surface area contributed by atoms with Crippen molar-refractivity contribution in [2.24, 2.45) is 11.5 Å². The second-order valence-corrected chi connectivity index (χ2v) is 13.0. The first-order valence-electron chi connectivity index (χ1n) is 14.6. The normalized spacial score (nSPS) is 13.9. The molecule has 0 bridgehead atoms. The number of aromatic nitrogens is 2. The number of hydrogen-bond acceptors (Lipinski definition) is 11. The molecule has 2 aromatic carbocycles. The number of anilines is 2. The lowest BCUT2D eigenvalue weighted by Gasteiger charge is -2.30. The Morgan fingerprint density at radius 2 is 1.93 bits per heavy atom. The summed E-state index contributed by atoms with van der Waals surface area (Å²) >= 11 is 2.89. The summed E-state index contributed by atoms with van der Waals surface area (Å²) in [5.74, 6) is 6.95. The van der Waals surface area contributed by atoms with E-state index in [2.05, 4.69) is 27.1 Å². The number of para-hydroxylation sites is 1. The summed E-state index contributed by atoms with van der Waals surface area (Å²) in [4.78, 5) is 25.8. The molecule has 0 spiro atoms. The van der Waals surface area contributed by atoms with E-state index in [4.69, 9.17) is 16.2 Å². The van der Waals surface area contributed by atoms with Crippen LogP contribution in [0.4, 0.5) is 10.3 Å². The van der Waals surface area contributed by atoms with E-state index in [1.165, 1.54) is 22.7 Å². The average Bonchev–Trinajstić information content (AvgIpc) is 3.63. The van der Waals surface area contributed by atoms with Gasteiger partial charge < -0.3 is 31.5 Å². The Kier molecular flexibility index (Phi) is 10.2. The zero-order valence-corrected chi connectivity index (χ0v) is 27.2. The number of fused-ring (bicyclic) bond motifs is 1. The fourth-order valence-electron chi connectivity index (χ4n) is 4.85. The van der Waals surface area contributed by atoms with Gasteiger partial charge in [-0.15, -0.1) is 11.3 Å². The summed E-state index contributed by atoms with van der Waals surface area (Å²) in [5, 5.41) is 14.4. The first-order chi connectivity index (χ1) is 21.7. The van der Waals surface area contributed by atoms with Crippen LogP contribution in [0.2, 0.25) is 0 Å². The molecule has 0 aliphatic carbocycles. The van der Waals surface area contributed by atoms with Crippen LogP contribution >= 0.6 is 22.7 Å². The van der Waals surface area contributed by atoms with E-state index in [1.807, 2.05) is 79.3 Å². The van der Waals surface area contributed by atoms with Gasteiger partial charge in [0.05, 0.1) is 23.4 Å². The molecule has 0 amide bonds. The number of ether oxygens (including phenoxy) is 1. The number of benzene rings is 2. The number of aromatic carboxylic acids is 1. The predicted octanol–water partition coefficient (Wildman–Crippen LogP) is 5.45. The van der Waals surface area contributed by atoms with Crippen LogP contribution in [-0.2, 0) is 6.42 Å². The van der Waals surface area contributed by atoms with Crippen molar-refractivity contribution >= 4 is 49.1 Å². The summed E-state index contributed by atoms with van der Waals surface area (Å²) in [5.41, 5.74) is 16.8. The Balaban J connectivity index is 1.24. The molecule has 0 unspecified atom stereocenters. The monoisotopic (exact) mass is 643 g/mol. The maximum atomic E-state index is 12.1. The highest BCUT2D eigenvalue weighted by Gasteiger charge is 2.26. The Hall–Kier alpha value is -4.57. The molecule has 0 saturated carbocycles. The number of carbonyl (C=O) groups is 1. The lowest BCUT2D eigenvalue weighted by Crippen LogP contribution is -2.34. The third-order valence-corrected chi connectivity index (χ3v) is 9.31. The number of rotatable bonds is 11. The highest BCUT2D eigenvalue weighted by Crippen LogP contribution is 2.35. The van der Waals surface area contributed by atoms with Crippen molar-refractivity contribution in [2.45, 2.75) is 32.6 Å². The van der Waals surface area contributed by atoms with Gasteiger partial charge in [-0.25, -0.2) is 14.8 Å². The lowest BCUT2D eigenvalue weighted by atomic mass is 9.99. The van der Waals surface area contributed by atoms with Gasteiger partial charge in [-0.2, -0.15) is 0 Å². The molecule has 10 nitrogen and oxygen atoms in total. The van der Waals surface area contributed by atoms with Crippen LogP contribution in [0, 0.1) is 11.8 Å². The quantitative estimate of drug-likeness (QED) is 0.123. The number of aryl methyl sites for hydroxylation is 1. The molecule has 12 heteroatoms. The average molecular weight is 644 g/mol. The molecule has 1 aliphatic heterocycles. The van der Waals surface area contributed by atoms with Crippen molar-refractivity contribution in [1.29, 1.82) is 0 Å². The molecule has 6 N–H and O–H groups in total. The molecule has 0 radical (unpaired) electrons. The van der Waals surface area contributed by atoms with E-state index in [0.29, 0.717) is 59.3 Å². The third-order valence-electron chi connectivity index (χ3n) is 7.22. The van der Waals surface area contributed by atoms with Gasteiger partial charge in [0.1, 0.15) is 17.4 Å². The number of hydrogen-bond donors (Lipinski definition) is 4. The lowest BCUT2D eigenvalue weighted by molar-refractivity contribution is 0.0690. The maximum absolute atomic E-state index is 12.1. The molecule has 4 aromatic rings. The maximum Gasteiger partial charge on any atom is 0.355 e. The van der Waals surface area contributed by atoms with Crippen LogP contribution in [0.1, 0.15) is 47.1 Å². The molecular formula is C33H37N7O3S2. The van der Waals surface area contributed by atoms with Crippen molar-refractivity contribution in [1.82, 2.24) is 14.9 Å². The van der Waals surface area contributed by atoms with Crippen LogP contribution in [0.25, 0.3) is 10.2 Å². The molecule has 0 fully saturated rings. The summed E-state index contributed by atoms with van der Waals surface area (Å²) in [6.07, 6.45) is 2.74. The topological polar surface area (TPSA) is 143 Å². The molecule has 3 heterocycles. The summed E-state index contributed by atoms with van der Waals surface area (Å²) in [7, 11) is 3.96. The van der Waals surface area contributed by atoms with Crippen LogP contribution in [0.3, 0.4) is 0 Å². The number of nitrogens with zero attached hydrogens (tertiary/aromatic N) is 4. The number of carboxylic acid groups (broad SMARTS) is 1. The third kappa shape index (κ3) is 7.94. The molecule has 0 saturated heterocycles. The molecule has 45 heavy (non-hydrogen) atoms. The summed E-state index contributed by atoms with van der Waals surface area (Å²) < 4.78 is 6.98. The molecule has 234 valence electrons. The van der Waals surface area contributed by atoms with Gasteiger partial charge in [-0.3, -0.25) is 4.90 Å². The standard InChI is InChI=1S/C33H37N7O3S2/c1-21(29(34)38-32-36-25-11-4-5-12-26(25)44-32)24-10-7-19-40(30(24)35)33-37-28(31(41)42)27(45-33)13-8-20-43-23-16-14-22(15-17-23)9-6-18-39(2)3/h4-5,11-12,14-17H,7-8,10,13,18-20,34-35H2,1-3H3,(H,36,38)(H,41,42)/b29-21+. The van der Waals surface area contributed by atoms with Crippen LogP contribution in [0.15, 0.2) is 71.3 Å². The van der Waals surface area contributed by atoms with E-state index in [-0.39, 0.29) is 5.69 Å². The predicted molar refractivity (Wildman–Crippen MR) is 183 cm³/mol. The minimum atomic E-state index is -1.06. The highest BCUT2D eigenvalue weighted by atomic mass is 32.1. The Bertz CT molecular complexity index is 1760. The van der Waals surface area contributed by atoms with Gasteiger partial charge in [-0.1, -0.05) is 35.3 Å². The van der Waals surface area contributed by atoms with Crippen LogP contribution in [-0.4, -0.2) is 59.7 Å². The van der Waals surface area contributed by atoms with Crippen molar-refractivity contribution in [2.75, 3.05) is 44.0 Å². The fraction of sp³-hybridized carbons (Fsp3) is 0.303. The van der Waals surface area contributed by atoms with Crippen molar-refractivity contribution in [3.8, 4) is 17.6 Å². The molecule has 0 atom stereocenters. The number of carboxylic acids is 1. The molecule has 1 aliphatic rings. The second kappa shape index (κ2) is 14.5. The van der Waals surface area contributed by atoms with Gasteiger partial charge in [0, 0.05) is 17.0 Å². The number of nitrogens with two attached hydrogens (primary N) is 2. The fourth-order valence-corrected chi connectivity index (χ4v) is 6.86. The smallest absolute Gasteiger partial charge is 0.355 e. The molecule has 5 rings (SSSR count). The van der Waals surface area contributed by atoms with Crippen LogP contribution < -0.4 is 26.4 Å². The van der Waals surface area contributed by atoms with Gasteiger partial charge >= 0.3 is 5.97 Å². The zero-order chi connectivity index (χ0) is 31.9. The van der Waals surface area contributed by atoms with E-state index in [1.54, 1.807) is 0 Å². The van der Waals surface area contributed by atoms with Gasteiger partial charge in [0.2, 0.25) is 0 Å². The summed E-state index contributed by atoms with van der Waals surface area (Å²) in [6.45, 7) is 3.72. The van der Waals surface area contributed by atoms with E-state index in [9.17, 15) is 9.90 Å². The molecular weight excluding hydrogens is 607 g/mol. The zero-order valence-electron chi connectivity index (χ0n) is 25.6. The minimum absolute atomic E-state index is 0.0554. The highest BCUT2D eigenvalue weighted by molar-refractivity contribution is 7.22.